The Bertz CT molecular complexity index is 824. The lowest BCUT2D eigenvalue weighted by atomic mass is 10.0. The first-order valence-electron chi connectivity index (χ1n) is 9.89. The lowest BCUT2D eigenvalue weighted by molar-refractivity contribution is -0.134. The third-order valence-corrected chi connectivity index (χ3v) is 4.78. The van der Waals surface area contributed by atoms with Gasteiger partial charge in [0.25, 0.3) is 0 Å². The minimum absolute atomic E-state index is 0.300. The molecule has 3 atom stereocenters. The molecule has 0 fully saturated rings. The van der Waals surface area contributed by atoms with Gasteiger partial charge in [0.05, 0.1) is 6.04 Å². The molecule has 0 spiro atoms. The molecule has 0 aliphatic carbocycles. The van der Waals surface area contributed by atoms with Gasteiger partial charge in [-0.15, -0.1) is 0 Å². The predicted molar refractivity (Wildman–Crippen MR) is 114 cm³/mol. The Kier molecular flexibility index (Phi) is 9.21. The zero-order valence-electron chi connectivity index (χ0n) is 17.4. The summed E-state index contributed by atoms with van der Waals surface area (Å²) < 4.78 is 4.99. The van der Waals surface area contributed by atoms with Crippen LogP contribution in [-0.4, -0.2) is 60.2 Å². The number of ether oxygens (including phenoxy) is 1. The van der Waals surface area contributed by atoms with E-state index in [0.717, 1.165) is 16.5 Å². The van der Waals surface area contributed by atoms with Crippen molar-refractivity contribution in [3.63, 3.8) is 0 Å². The summed E-state index contributed by atoms with van der Waals surface area (Å²) in [5.41, 5.74) is 12.8. The van der Waals surface area contributed by atoms with Gasteiger partial charge in [0.15, 0.2) is 6.29 Å². The van der Waals surface area contributed by atoms with Crippen LogP contribution in [0.5, 0.6) is 0 Å². The van der Waals surface area contributed by atoms with Gasteiger partial charge in [-0.25, -0.2) is 0 Å². The maximum absolute atomic E-state index is 13.0. The van der Waals surface area contributed by atoms with Gasteiger partial charge in [-0.3, -0.25) is 14.9 Å². The van der Waals surface area contributed by atoms with Gasteiger partial charge in [0.1, 0.15) is 12.3 Å². The van der Waals surface area contributed by atoms with Crippen molar-refractivity contribution in [3.05, 3.63) is 36.0 Å². The highest BCUT2D eigenvalue weighted by Gasteiger charge is 2.27. The Morgan fingerprint density at radius 3 is 2.63 bits per heavy atom. The molecule has 0 saturated heterocycles. The third-order valence-electron chi connectivity index (χ3n) is 4.78. The number of aliphatic hydroxyl groups excluding tert-OH is 1. The van der Waals surface area contributed by atoms with E-state index in [2.05, 4.69) is 20.9 Å². The van der Waals surface area contributed by atoms with Gasteiger partial charge in [-0.2, -0.15) is 0 Å². The first kappa shape index (κ1) is 23.8. The lowest BCUT2D eigenvalue weighted by Crippen LogP contribution is -2.53. The van der Waals surface area contributed by atoms with Gasteiger partial charge in [-0.1, -0.05) is 18.2 Å². The van der Waals surface area contributed by atoms with Gasteiger partial charge in [0.2, 0.25) is 11.8 Å². The van der Waals surface area contributed by atoms with Crippen molar-refractivity contribution in [2.45, 2.75) is 50.8 Å². The molecular formula is C20H32N6O4. The molecule has 2 amide bonds. The summed E-state index contributed by atoms with van der Waals surface area (Å²) in [6.07, 6.45) is 1.34. The molecule has 1 aromatic heterocycles. The Morgan fingerprint density at radius 2 is 1.97 bits per heavy atom. The standard InChI is InChI=1S/C20H32N6O4/c1-12(27)25-17(10-13-11-24-15-7-4-3-6-14(13)15)18(28)26-16(19(29)30-2)8-5-9-23-20(21)22/h3-4,6-7,11,16-17,19-20,23-24,29H,5,8-10,21-22H2,1-2H3,(H,25,27)(H,26,28). The number of H-pyrrole nitrogens is 1. The number of hydrogen-bond donors (Lipinski definition) is 7. The van der Waals surface area contributed by atoms with Gasteiger partial charge in [0, 0.05) is 37.6 Å². The molecule has 30 heavy (non-hydrogen) atoms. The first-order chi connectivity index (χ1) is 14.3. The molecule has 0 radical (unpaired) electrons. The monoisotopic (exact) mass is 420 g/mol. The summed E-state index contributed by atoms with van der Waals surface area (Å²) in [5.74, 6) is -0.722. The van der Waals surface area contributed by atoms with Crippen LogP contribution in [0.15, 0.2) is 30.5 Å². The van der Waals surface area contributed by atoms with Crippen molar-refractivity contribution in [1.29, 1.82) is 0 Å². The number of hydrogen-bond acceptors (Lipinski definition) is 7. The number of nitrogens with two attached hydrogens (primary N) is 2. The number of methoxy groups -OCH3 is 1. The second kappa shape index (κ2) is 11.6. The molecule has 2 aromatic rings. The molecule has 10 heteroatoms. The second-order valence-corrected chi connectivity index (χ2v) is 7.18. The average molecular weight is 421 g/mol. The number of aromatic amines is 1. The molecule has 0 aliphatic heterocycles. The van der Waals surface area contributed by atoms with E-state index in [4.69, 9.17) is 16.2 Å². The summed E-state index contributed by atoms with van der Waals surface area (Å²) in [6, 6.07) is 6.28. The van der Waals surface area contributed by atoms with E-state index in [1.54, 1.807) is 0 Å². The number of carbonyl (C=O) groups is 2. The van der Waals surface area contributed by atoms with Gasteiger partial charge >= 0.3 is 0 Å². The van der Waals surface area contributed by atoms with E-state index in [9.17, 15) is 14.7 Å². The molecule has 1 heterocycles. The van der Waals surface area contributed by atoms with Crippen LogP contribution in [0, 0.1) is 0 Å². The minimum atomic E-state index is -1.19. The van der Waals surface area contributed by atoms with Crippen molar-refractivity contribution in [2.75, 3.05) is 13.7 Å². The lowest BCUT2D eigenvalue weighted by Gasteiger charge is -2.26. The van der Waals surface area contributed by atoms with Crippen LogP contribution in [0.2, 0.25) is 0 Å². The number of benzene rings is 1. The summed E-state index contributed by atoms with van der Waals surface area (Å²) in [7, 11) is 1.36. The van der Waals surface area contributed by atoms with Crippen LogP contribution < -0.4 is 27.4 Å². The van der Waals surface area contributed by atoms with Crippen molar-refractivity contribution >= 4 is 22.7 Å². The third kappa shape index (κ3) is 7.08. The minimum Gasteiger partial charge on any atom is -0.366 e. The fraction of sp³-hybridized carbons (Fsp3) is 0.500. The van der Waals surface area contributed by atoms with Crippen LogP contribution in [0.4, 0.5) is 0 Å². The second-order valence-electron chi connectivity index (χ2n) is 7.18. The molecule has 2 rings (SSSR count). The smallest absolute Gasteiger partial charge is 0.243 e. The topological polar surface area (TPSA) is 168 Å². The van der Waals surface area contributed by atoms with E-state index in [1.807, 2.05) is 30.5 Å². The van der Waals surface area contributed by atoms with Crippen molar-refractivity contribution in [2.24, 2.45) is 11.5 Å². The summed E-state index contributed by atoms with van der Waals surface area (Å²) >= 11 is 0. The Balaban J connectivity index is 2.08. The molecule has 1 aromatic carbocycles. The van der Waals surface area contributed by atoms with Gasteiger partial charge < -0.3 is 36.9 Å². The van der Waals surface area contributed by atoms with Crippen molar-refractivity contribution < 1.29 is 19.4 Å². The highest BCUT2D eigenvalue weighted by molar-refractivity contribution is 5.89. The summed E-state index contributed by atoms with van der Waals surface area (Å²) in [4.78, 5) is 27.8. The van der Waals surface area contributed by atoms with E-state index >= 15 is 0 Å². The fourth-order valence-electron chi connectivity index (χ4n) is 3.30. The number of aromatic nitrogens is 1. The zero-order chi connectivity index (χ0) is 22.1. The number of carbonyl (C=O) groups excluding carboxylic acids is 2. The molecule has 3 unspecified atom stereocenters. The Hall–Kier alpha value is -2.50. The van der Waals surface area contributed by atoms with Crippen molar-refractivity contribution in [3.8, 4) is 0 Å². The number of nitrogens with one attached hydrogen (secondary N) is 4. The van der Waals surface area contributed by atoms with E-state index in [-0.39, 0.29) is 5.91 Å². The number of aliphatic hydroxyl groups is 1. The first-order valence-corrected chi connectivity index (χ1v) is 9.89. The summed E-state index contributed by atoms with van der Waals surface area (Å²) in [5, 5.41) is 19.5. The van der Waals surface area contributed by atoms with Crippen LogP contribution in [-0.2, 0) is 20.7 Å². The van der Waals surface area contributed by atoms with Crippen LogP contribution >= 0.6 is 0 Å². The Morgan fingerprint density at radius 1 is 1.23 bits per heavy atom. The van der Waals surface area contributed by atoms with Crippen molar-refractivity contribution in [1.82, 2.24) is 20.9 Å². The molecule has 0 saturated carbocycles. The van der Waals surface area contributed by atoms with E-state index in [0.29, 0.717) is 25.8 Å². The van der Waals surface area contributed by atoms with Crippen LogP contribution in [0.1, 0.15) is 25.3 Å². The maximum Gasteiger partial charge on any atom is 0.243 e. The normalized spacial score (nSPS) is 14.5. The van der Waals surface area contributed by atoms with Gasteiger partial charge in [-0.05, 0) is 31.0 Å². The molecule has 0 aliphatic rings. The quantitative estimate of drug-likeness (QED) is 0.175. The number of para-hydroxylation sites is 1. The molecule has 166 valence electrons. The number of amides is 2. The highest BCUT2D eigenvalue weighted by Crippen LogP contribution is 2.19. The maximum atomic E-state index is 13.0. The highest BCUT2D eigenvalue weighted by atomic mass is 16.6. The SMILES string of the molecule is COC(O)C(CCCNC(N)N)NC(=O)C(Cc1c[nH]c2ccccc12)NC(C)=O. The zero-order valence-corrected chi connectivity index (χ0v) is 17.4. The number of rotatable bonds is 12. The van der Waals surface area contributed by atoms with E-state index < -0.39 is 30.6 Å². The molecular weight excluding hydrogens is 388 g/mol. The fourth-order valence-corrected chi connectivity index (χ4v) is 3.30. The van der Waals surface area contributed by atoms with E-state index in [1.165, 1.54) is 14.0 Å². The molecule has 0 bridgehead atoms. The van der Waals surface area contributed by atoms with Crippen LogP contribution in [0.25, 0.3) is 10.9 Å². The molecule has 9 N–H and O–H groups in total. The average Bonchev–Trinajstić information content (AvgIpc) is 3.11. The number of fused-ring (bicyclic) bond motifs is 1. The predicted octanol–water partition coefficient (Wildman–Crippen LogP) is -0.764. The Labute approximate surface area is 175 Å². The molecule has 10 nitrogen and oxygen atoms in total. The van der Waals surface area contributed by atoms with Crippen LogP contribution in [0.3, 0.4) is 0 Å². The summed E-state index contributed by atoms with van der Waals surface area (Å²) in [6.45, 7) is 1.88. The largest absolute Gasteiger partial charge is 0.366 e.